The minimum atomic E-state index is -0.421. The number of ether oxygens (including phenoxy) is 1. The van der Waals surface area contributed by atoms with Crippen LogP contribution in [0.4, 0.5) is 5.69 Å². The number of furan rings is 1. The molecular formula is C36H27N5O5. The van der Waals surface area contributed by atoms with Gasteiger partial charge in [0.05, 0.1) is 22.0 Å². The Labute approximate surface area is 262 Å². The van der Waals surface area contributed by atoms with Crippen LogP contribution in [0.2, 0.25) is 0 Å². The largest absolute Gasteiger partial charge is 0.489 e. The number of hydrogen-bond acceptors (Lipinski definition) is 7. The number of nitro benzene ring substituents is 1. The van der Waals surface area contributed by atoms with E-state index in [1.165, 1.54) is 16.8 Å². The van der Waals surface area contributed by atoms with Gasteiger partial charge in [0, 0.05) is 40.2 Å². The first-order valence-corrected chi connectivity index (χ1v) is 14.6. The van der Waals surface area contributed by atoms with Crippen molar-refractivity contribution in [2.45, 2.75) is 20.5 Å². The molecule has 0 amide bonds. The molecule has 46 heavy (non-hydrogen) atoms. The van der Waals surface area contributed by atoms with Crippen molar-refractivity contribution in [3.8, 4) is 23.0 Å². The summed E-state index contributed by atoms with van der Waals surface area (Å²) in [5, 5.41) is 17.1. The van der Waals surface area contributed by atoms with Crippen molar-refractivity contribution in [3.05, 3.63) is 152 Å². The molecule has 7 aromatic rings. The van der Waals surface area contributed by atoms with Crippen LogP contribution in [0.15, 0.2) is 124 Å². The second-order valence-corrected chi connectivity index (χ2v) is 10.8. The van der Waals surface area contributed by atoms with Crippen molar-refractivity contribution in [1.29, 1.82) is 0 Å². The highest BCUT2D eigenvalue weighted by Gasteiger charge is 2.17. The summed E-state index contributed by atoms with van der Waals surface area (Å²) < 4.78 is 15.3. The molecule has 0 aliphatic heterocycles. The van der Waals surface area contributed by atoms with Gasteiger partial charge in [-0.1, -0.05) is 42.5 Å². The number of fused-ring (bicyclic) bond motifs is 2. The van der Waals surface area contributed by atoms with Crippen LogP contribution >= 0.6 is 0 Å². The quantitative estimate of drug-likeness (QED) is 0.0995. The monoisotopic (exact) mass is 609 g/mol. The maximum atomic E-state index is 13.7. The van der Waals surface area contributed by atoms with Gasteiger partial charge in [0.15, 0.2) is 5.76 Å². The summed E-state index contributed by atoms with van der Waals surface area (Å²) in [6, 6.07) is 32.7. The Bertz CT molecular complexity index is 2310. The van der Waals surface area contributed by atoms with Crippen LogP contribution < -0.4 is 10.3 Å². The molecule has 10 nitrogen and oxygen atoms in total. The molecule has 7 rings (SSSR count). The molecule has 0 aliphatic carbocycles. The van der Waals surface area contributed by atoms with Crippen molar-refractivity contribution >= 4 is 33.8 Å². The Morgan fingerprint density at radius 1 is 0.935 bits per heavy atom. The third-order valence-corrected chi connectivity index (χ3v) is 7.80. The minimum absolute atomic E-state index is 0.0295. The van der Waals surface area contributed by atoms with Crippen molar-refractivity contribution in [2.24, 2.45) is 5.10 Å². The zero-order valence-electron chi connectivity index (χ0n) is 25.0. The fraction of sp³-hybridized carbons (Fsp3) is 0.0833. The predicted molar refractivity (Wildman–Crippen MR) is 177 cm³/mol. The normalized spacial score (nSPS) is 11.5. The molecule has 0 saturated carbocycles. The number of benzene rings is 4. The molecule has 0 spiro atoms. The van der Waals surface area contributed by atoms with Gasteiger partial charge < -0.3 is 13.7 Å². The summed E-state index contributed by atoms with van der Waals surface area (Å²) in [6.45, 7) is 4.20. The number of non-ortho nitro benzene ring substituents is 1. The minimum Gasteiger partial charge on any atom is -0.489 e. The van der Waals surface area contributed by atoms with Crippen LogP contribution in [0.3, 0.4) is 0 Å². The van der Waals surface area contributed by atoms with E-state index in [0.717, 1.165) is 28.0 Å². The van der Waals surface area contributed by atoms with E-state index in [2.05, 4.69) is 9.67 Å². The summed E-state index contributed by atoms with van der Waals surface area (Å²) in [5.41, 5.74) is 5.36. The number of nitro groups is 1. The first-order valence-electron chi connectivity index (χ1n) is 14.6. The van der Waals surface area contributed by atoms with Crippen LogP contribution in [0.5, 0.6) is 5.75 Å². The molecule has 0 aliphatic rings. The van der Waals surface area contributed by atoms with E-state index < -0.39 is 4.92 Å². The average molecular weight is 610 g/mol. The summed E-state index contributed by atoms with van der Waals surface area (Å²) in [5.74, 6) is 1.39. The number of hydrogen-bond donors (Lipinski definition) is 0. The average Bonchev–Trinajstić information content (AvgIpc) is 3.63. The van der Waals surface area contributed by atoms with Crippen LogP contribution in [-0.2, 0) is 6.61 Å². The number of rotatable bonds is 8. The van der Waals surface area contributed by atoms with Crippen LogP contribution in [-0.4, -0.2) is 25.4 Å². The molecule has 3 heterocycles. The smallest absolute Gasteiger partial charge is 0.282 e. The van der Waals surface area contributed by atoms with Crippen LogP contribution in [0.1, 0.15) is 22.5 Å². The van der Waals surface area contributed by atoms with Crippen LogP contribution in [0, 0.1) is 24.0 Å². The molecule has 0 radical (unpaired) electrons. The highest BCUT2D eigenvalue weighted by molar-refractivity contribution is 5.85. The van der Waals surface area contributed by atoms with Crippen molar-refractivity contribution < 1.29 is 14.1 Å². The summed E-state index contributed by atoms with van der Waals surface area (Å²) >= 11 is 0. The number of aryl methyl sites for hydroxylation is 1. The molecule has 0 fully saturated rings. The standard InChI is InChI=1S/C36H27N5O5/c1-23-18-27(24(2)39(23)28-14-16-30(17-15-28)45-22-25-8-7-10-29(19-25)41(43)44)21-37-40-35(34-20-26-9-3-6-13-33(26)46-34)38-32-12-5-4-11-31(32)36(40)42/h3-21H,22H2,1-2H3. The molecule has 0 unspecified atom stereocenters. The Balaban J connectivity index is 1.19. The van der Waals surface area contributed by atoms with E-state index >= 15 is 0 Å². The molecule has 0 N–H and O–H groups in total. The zero-order chi connectivity index (χ0) is 31.8. The summed E-state index contributed by atoms with van der Waals surface area (Å²) in [7, 11) is 0. The molecule has 226 valence electrons. The van der Waals surface area contributed by atoms with Gasteiger partial charge in [-0.25, -0.2) is 4.98 Å². The van der Waals surface area contributed by atoms with E-state index in [0.29, 0.717) is 39.4 Å². The molecule has 4 aromatic carbocycles. The van der Waals surface area contributed by atoms with Gasteiger partial charge in [0.2, 0.25) is 5.82 Å². The molecule has 0 atom stereocenters. The van der Waals surface area contributed by atoms with Gasteiger partial charge in [-0.2, -0.15) is 9.78 Å². The van der Waals surface area contributed by atoms with E-state index in [4.69, 9.17) is 14.1 Å². The third kappa shape index (κ3) is 5.32. The second kappa shape index (κ2) is 11.7. The Morgan fingerprint density at radius 2 is 1.72 bits per heavy atom. The first-order chi connectivity index (χ1) is 22.4. The fourth-order valence-corrected chi connectivity index (χ4v) is 5.54. The molecule has 3 aromatic heterocycles. The Kier molecular flexibility index (Phi) is 7.22. The maximum absolute atomic E-state index is 13.7. The van der Waals surface area contributed by atoms with Gasteiger partial charge in [0.25, 0.3) is 11.2 Å². The highest BCUT2D eigenvalue weighted by atomic mass is 16.6. The lowest BCUT2D eigenvalue weighted by molar-refractivity contribution is -0.384. The van der Waals surface area contributed by atoms with Crippen molar-refractivity contribution in [3.63, 3.8) is 0 Å². The highest BCUT2D eigenvalue weighted by Crippen LogP contribution is 2.28. The summed E-state index contributed by atoms with van der Waals surface area (Å²) in [4.78, 5) is 29.1. The maximum Gasteiger partial charge on any atom is 0.282 e. The van der Waals surface area contributed by atoms with Crippen molar-refractivity contribution in [2.75, 3.05) is 0 Å². The molecule has 10 heteroatoms. The van der Waals surface area contributed by atoms with Crippen LogP contribution in [0.25, 0.3) is 39.1 Å². The molecule has 0 saturated heterocycles. The first kappa shape index (κ1) is 28.5. The van der Waals surface area contributed by atoms with E-state index in [-0.39, 0.29) is 17.9 Å². The van der Waals surface area contributed by atoms with Gasteiger partial charge >= 0.3 is 0 Å². The van der Waals surface area contributed by atoms with Gasteiger partial charge in [-0.05, 0) is 74.0 Å². The second-order valence-electron chi connectivity index (χ2n) is 10.8. The predicted octanol–water partition coefficient (Wildman–Crippen LogP) is 7.59. The molecule has 0 bridgehead atoms. The summed E-state index contributed by atoms with van der Waals surface area (Å²) in [6.07, 6.45) is 1.67. The fourth-order valence-electron chi connectivity index (χ4n) is 5.54. The van der Waals surface area contributed by atoms with Gasteiger partial charge in [-0.3, -0.25) is 14.9 Å². The van der Waals surface area contributed by atoms with E-state index in [1.54, 1.807) is 36.5 Å². The SMILES string of the molecule is Cc1cc(C=Nn2c(-c3cc4ccccc4o3)nc3ccccc3c2=O)c(C)n1-c1ccc(OCc2cccc([N+](=O)[O-])c2)cc1. The third-order valence-electron chi connectivity index (χ3n) is 7.80. The molecular weight excluding hydrogens is 582 g/mol. The zero-order valence-corrected chi connectivity index (χ0v) is 25.0. The lowest BCUT2D eigenvalue weighted by Gasteiger charge is -2.11. The van der Waals surface area contributed by atoms with E-state index in [9.17, 15) is 14.9 Å². The van der Waals surface area contributed by atoms with Gasteiger partial charge in [0.1, 0.15) is 17.9 Å². The Morgan fingerprint density at radius 3 is 2.52 bits per heavy atom. The van der Waals surface area contributed by atoms with Crippen molar-refractivity contribution in [1.82, 2.24) is 14.2 Å². The topological polar surface area (TPSA) is 118 Å². The number of para-hydroxylation sites is 2. The number of aromatic nitrogens is 3. The lowest BCUT2D eigenvalue weighted by Crippen LogP contribution is -2.20. The van der Waals surface area contributed by atoms with E-state index in [1.807, 2.05) is 80.6 Å². The lowest BCUT2D eigenvalue weighted by atomic mass is 10.2. The number of nitrogens with zero attached hydrogens (tertiary/aromatic N) is 5. The Hall–Kier alpha value is -6.29. The van der Waals surface area contributed by atoms with Gasteiger partial charge in [-0.15, -0.1) is 0 Å².